The van der Waals surface area contributed by atoms with Gasteiger partial charge in [-0.2, -0.15) is 5.10 Å². The van der Waals surface area contributed by atoms with Crippen LogP contribution in [0.15, 0.2) is 6.20 Å². The summed E-state index contributed by atoms with van der Waals surface area (Å²) in [5, 5.41) is 7.37. The van der Waals surface area contributed by atoms with Crippen molar-refractivity contribution in [2.24, 2.45) is 7.05 Å². The molecule has 1 atom stereocenters. The van der Waals surface area contributed by atoms with E-state index in [4.69, 9.17) is 9.47 Å². The number of nitrogens with one attached hydrogen (secondary N) is 1. The smallest absolute Gasteiger partial charge is 0.359 e. The second kappa shape index (κ2) is 5.29. The van der Waals surface area contributed by atoms with Gasteiger partial charge in [0.25, 0.3) is 0 Å². The van der Waals surface area contributed by atoms with E-state index in [2.05, 4.69) is 10.4 Å². The molecule has 1 N–H and O–H groups in total. The summed E-state index contributed by atoms with van der Waals surface area (Å²) in [5.41, 5.74) is 1.14. The molecular weight excluding hydrogens is 222 g/mol. The highest BCUT2D eigenvalue weighted by molar-refractivity contribution is 5.89. The Balaban J connectivity index is 2.22. The summed E-state index contributed by atoms with van der Waals surface area (Å²) in [5.74, 6) is -0.391. The molecule has 1 unspecified atom stereocenters. The fourth-order valence-electron chi connectivity index (χ4n) is 1.87. The molecule has 0 radical (unpaired) electrons. The maximum absolute atomic E-state index is 11.7. The van der Waals surface area contributed by atoms with Crippen molar-refractivity contribution in [3.05, 3.63) is 17.5 Å². The Morgan fingerprint density at radius 1 is 1.76 bits per heavy atom. The van der Waals surface area contributed by atoms with Gasteiger partial charge in [-0.3, -0.25) is 4.68 Å². The van der Waals surface area contributed by atoms with Crippen LogP contribution in [0.2, 0.25) is 0 Å². The molecular formula is C11H17N3O3. The van der Waals surface area contributed by atoms with E-state index in [9.17, 15) is 4.79 Å². The molecule has 0 spiro atoms. The third-order valence-electron chi connectivity index (χ3n) is 2.60. The lowest BCUT2D eigenvalue weighted by molar-refractivity contribution is 0.0253. The van der Waals surface area contributed by atoms with Crippen molar-refractivity contribution in [3.8, 4) is 0 Å². The molecule has 94 valence electrons. The number of carbonyl (C=O) groups excluding carboxylic acids is 1. The number of morpholine rings is 1. The molecule has 17 heavy (non-hydrogen) atoms. The molecule has 1 aliphatic heterocycles. The highest BCUT2D eigenvalue weighted by atomic mass is 16.5. The van der Waals surface area contributed by atoms with E-state index in [0.717, 1.165) is 12.1 Å². The zero-order chi connectivity index (χ0) is 12.3. The van der Waals surface area contributed by atoms with Crippen molar-refractivity contribution >= 4 is 5.97 Å². The van der Waals surface area contributed by atoms with Gasteiger partial charge in [0, 0.05) is 31.9 Å². The van der Waals surface area contributed by atoms with Crippen LogP contribution in [0, 0.1) is 0 Å². The van der Waals surface area contributed by atoms with Gasteiger partial charge >= 0.3 is 5.97 Å². The molecule has 6 nitrogen and oxygen atoms in total. The van der Waals surface area contributed by atoms with E-state index in [-0.39, 0.29) is 6.10 Å². The number of hydrogen-bond acceptors (Lipinski definition) is 5. The van der Waals surface area contributed by atoms with Crippen LogP contribution in [-0.4, -0.2) is 42.1 Å². The number of aromatic nitrogens is 2. The Morgan fingerprint density at radius 2 is 2.59 bits per heavy atom. The maximum atomic E-state index is 11.7. The SMILES string of the molecule is CCOC(=O)c1nn(C)cc1C1CNCCO1. The Kier molecular flexibility index (Phi) is 3.75. The average molecular weight is 239 g/mol. The number of hydrogen-bond donors (Lipinski definition) is 1. The van der Waals surface area contributed by atoms with Crippen LogP contribution in [0.3, 0.4) is 0 Å². The highest BCUT2D eigenvalue weighted by Gasteiger charge is 2.25. The van der Waals surface area contributed by atoms with E-state index in [0.29, 0.717) is 25.5 Å². The standard InChI is InChI=1S/C11H17N3O3/c1-3-16-11(15)10-8(7-14(2)13-10)9-6-12-4-5-17-9/h7,9,12H,3-6H2,1-2H3. The molecule has 1 aliphatic rings. The number of rotatable bonds is 3. The van der Waals surface area contributed by atoms with Crippen molar-refractivity contribution in [2.75, 3.05) is 26.3 Å². The van der Waals surface area contributed by atoms with E-state index in [1.165, 1.54) is 0 Å². The first kappa shape index (κ1) is 12.1. The lowest BCUT2D eigenvalue weighted by atomic mass is 10.1. The van der Waals surface area contributed by atoms with Crippen molar-refractivity contribution in [1.29, 1.82) is 0 Å². The largest absolute Gasteiger partial charge is 0.461 e. The molecule has 0 amide bonds. The zero-order valence-corrected chi connectivity index (χ0v) is 10.1. The quantitative estimate of drug-likeness (QED) is 0.766. The molecule has 2 rings (SSSR count). The monoisotopic (exact) mass is 239 g/mol. The van der Waals surface area contributed by atoms with Gasteiger partial charge in [-0.1, -0.05) is 0 Å². The van der Waals surface area contributed by atoms with Gasteiger partial charge in [0.2, 0.25) is 0 Å². The maximum Gasteiger partial charge on any atom is 0.359 e. The third-order valence-corrected chi connectivity index (χ3v) is 2.60. The van der Waals surface area contributed by atoms with Crippen LogP contribution in [0.1, 0.15) is 29.1 Å². The fraction of sp³-hybridized carbons (Fsp3) is 0.636. The first-order valence-electron chi connectivity index (χ1n) is 5.75. The van der Waals surface area contributed by atoms with Gasteiger partial charge in [0.15, 0.2) is 5.69 Å². The summed E-state index contributed by atoms with van der Waals surface area (Å²) < 4.78 is 12.2. The molecule has 1 aromatic heterocycles. The summed E-state index contributed by atoms with van der Waals surface area (Å²) in [4.78, 5) is 11.7. The molecule has 0 aromatic carbocycles. The summed E-state index contributed by atoms with van der Waals surface area (Å²) in [6, 6.07) is 0. The lowest BCUT2D eigenvalue weighted by Gasteiger charge is -2.23. The Bertz CT molecular complexity index is 397. The van der Waals surface area contributed by atoms with Gasteiger partial charge in [0.1, 0.15) is 0 Å². The Hall–Kier alpha value is -1.40. The van der Waals surface area contributed by atoms with E-state index in [1.54, 1.807) is 18.7 Å². The highest BCUT2D eigenvalue weighted by Crippen LogP contribution is 2.22. The van der Waals surface area contributed by atoms with Crippen molar-refractivity contribution < 1.29 is 14.3 Å². The van der Waals surface area contributed by atoms with Crippen molar-refractivity contribution in [1.82, 2.24) is 15.1 Å². The van der Waals surface area contributed by atoms with Gasteiger partial charge in [-0.25, -0.2) is 4.79 Å². The van der Waals surface area contributed by atoms with Gasteiger partial charge < -0.3 is 14.8 Å². The predicted molar refractivity (Wildman–Crippen MR) is 60.7 cm³/mol. The topological polar surface area (TPSA) is 65.4 Å². The van der Waals surface area contributed by atoms with Gasteiger partial charge in [0.05, 0.1) is 19.3 Å². The van der Waals surface area contributed by atoms with Gasteiger partial charge in [-0.05, 0) is 6.92 Å². The summed E-state index contributed by atoms with van der Waals surface area (Å²) in [6.45, 7) is 4.29. The molecule has 0 saturated carbocycles. The second-order valence-corrected chi connectivity index (χ2v) is 3.89. The zero-order valence-electron chi connectivity index (χ0n) is 10.1. The summed E-state index contributed by atoms with van der Waals surface area (Å²) in [7, 11) is 1.78. The average Bonchev–Trinajstić information content (AvgIpc) is 2.73. The van der Waals surface area contributed by atoms with Crippen LogP contribution in [0.5, 0.6) is 0 Å². The number of nitrogens with zero attached hydrogens (tertiary/aromatic N) is 2. The van der Waals surface area contributed by atoms with Gasteiger partial charge in [-0.15, -0.1) is 0 Å². The lowest BCUT2D eigenvalue weighted by Crippen LogP contribution is -2.33. The molecule has 1 saturated heterocycles. The molecule has 0 bridgehead atoms. The number of ether oxygens (including phenoxy) is 2. The normalized spacial score (nSPS) is 20.2. The fourth-order valence-corrected chi connectivity index (χ4v) is 1.87. The van der Waals surface area contributed by atoms with E-state index in [1.807, 2.05) is 6.20 Å². The number of aryl methyl sites for hydroxylation is 1. The minimum absolute atomic E-state index is 0.128. The molecule has 1 fully saturated rings. The predicted octanol–water partition coefficient (Wildman–Crippen LogP) is 0.258. The van der Waals surface area contributed by atoms with Crippen molar-refractivity contribution in [3.63, 3.8) is 0 Å². The van der Waals surface area contributed by atoms with Crippen LogP contribution in [0.4, 0.5) is 0 Å². The third kappa shape index (κ3) is 2.65. The summed E-state index contributed by atoms with van der Waals surface area (Å²) in [6.07, 6.45) is 1.68. The van der Waals surface area contributed by atoms with Crippen molar-refractivity contribution in [2.45, 2.75) is 13.0 Å². The van der Waals surface area contributed by atoms with Crippen LogP contribution < -0.4 is 5.32 Å². The van der Waals surface area contributed by atoms with E-state index >= 15 is 0 Å². The van der Waals surface area contributed by atoms with Crippen LogP contribution >= 0.6 is 0 Å². The second-order valence-electron chi connectivity index (χ2n) is 3.89. The van der Waals surface area contributed by atoms with Crippen LogP contribution in [-0.2, 0) is 16.5 Å². The number of esters is 1. The molecule has 0 aliphatic carbocycles. The molecule has 6 heteroatoms. The first-order chi connectivity index (χ1) is 8.22. The molecule has 2 heterocycles. The minimum atomic E-state index is -0.391. The first-order valence-corrected chi connectivity index (χ1v) is 5.75. The Labute approximate surface area is 99.9 Å². The van der Waals surface area contributed by atoms with Crippen LogP contribution in [0.25, 0.3) is 0 Å². The minimum Gasteiger partial charge on any atom is -0.461 e. The van der Waals surface area contributed by atoms with E-state index < -0.39 is 5.97 Å². The molecule has 1 aromatic rings. The number of carbonyl (C=O) groups is 1. The Morgan fingerprint density at radius 3 is 3.24 bits per heavy atom. The summed E-state index contributed by atoms with van der Waals surface area (Å²) >= 11 is 0.